The maximum atomic E-state index is 12.9. The molecule has 0 aliphatic rings. The molecule has 0 spiro atoms. The largest absolute Gasteiger partial charge is 0.277 e. The quantitative estimate of drug-likeness (QED) is 0.400. The zero-order valence-electron chi connectivity index (χ0n) is 15.8. The summed E-state index contributed by atoms with van der Waals surface area (Å²) in [4.78, 5) is 29.7. The highest BCUT2D eigenvalue weighted by molar-refractivity contribution is 6.03. The van der Waals surface area contributed by atoms with Gasteiger partial charge in [0.25, 0.3) is 11.5 Å². The van der Waals surface area contributed by atoms with E-state index in [2.05, 4.69) is 25.7 Å². The molecular formula is C23H17N5O2. The first-order valence-corrected chi connectivity index (χ1v) is 9.22. The Morgan fingerprint density at radius 3 is 2.23 bits per heavy atom. The predicted molar refractivity (Wildman–Crippen MR) is 115 cm³/mol. The van der Waals surface area contributed by atoms with E-state index in [4.69, 9.17) is 0 Å². The summed E-state index contributed by atoms with van der Waals surface area (Å²) in [5.41, 5.74) is 4.76. The van der Waals surface area contributed by atoms with Gasteiger partial charge in [0.15, 0.2) is 0 Å². The van der Waals surface area contributed by atoms with Crippen LogP contribution in [0.5, 0.6) is 0 Å². The molecule has 0 unspecified atom stereocenters. The third-order valence-electron chi connectivity index (χ3n) is 4.37. The minimum atomic E-state index is -0.637. The molecule has 0 aliphatic carbocycles. The molecule has 30 heavy (non-hydrogen) atoms. The van der Waals surface area contributed by atoms with E-state index in [1.807, 2.05) is 66.7 Å². The van der Waals surface area contributed by atoms with Crippen LogP contribution in [-0.4, -0.2) is 27.3 Å². The minimum Gasteiger partial charge on any atom is -0.267 e. The van der Waals surface area contributed by atoms with Crippen LogP contribution < -0.4 is 11.0 Å². The summed E-state index contributed by atoms with van der Waals surface area (Å²) in [6.45, 7) is 0. The fraction of sp³-hybridized carbons (Fsp3) is 0. The Bertz CT molecular complexity index is 1240. The maximum Gasteiger partial charge on any atom is 0.277 e. The molecular weight excluding hydrogens is 378 g/mol. The van der Waals surface area contributed by atoms with E-state index in [0.717, 1.165) is 5.56 Å². The molecule has 0 saturated carbocycles. The first-order valence-electron chi connectivity index (χ1n) is 9.22. The third kappa shape index (κ3) is 4.05. The fourth-order valence-electron chi connectivity index (χ4n) is 3.02. The van der Waals surface area contributed by atoms with E-state index < -0.39 is 11.5 Å². The van der Waals surface area contributed by atoms with Crippen LogP contribution in [0.15, 0.2) is 95.0 Å². The third-order valence-corrected chi connectivity index (χ3v) is 4.37. The molecule has 0 aliphatic heterocycles. The van der Waals surface area contributed by atoms with Gasteiger partial charge in [-0.05, 0) is 17.7 Å². The Morgan fingerprint density at radius 2 is 1.57 bits per heavy atom. The van der Waals surface area contributed by atoms with Gasteiger partial charge in [0, 0.05) is 17.3 Å². The molecule has 0 fully saturated rings. The molecule has 0 bridgehead atoms. The van der Waals surface area contributed by atoms with Gasteiger partial charge in [-0.25, -0.2) is 10.5 Å². The Hall–Kier alpha value is -4.39. The number of H-pyrrole nitrogens is 1. The standard InChI is InChI=1S/C23H17N5O2/c29-22(27-25-15-18-13-7-8-14-24-18)20-19(16-9-3-1-4-10-16)21(26-28-23(20)30)17-11-5-2-6-12-17/h1-15H,(H,27,29)(H,28,30)/b25-15-. The highest BCUT2D eigenvalue weighted by Gasteiger charge is 2.22. The van der Waals surface area contributed by atoms with Crippen molar-refractivity contribution in [3.05, 3.63) is 107 Å². The van der Waals surface area contributed by atoms with Gasteiger partial charge in [0.1, 0.15) is 5.56 Å². The molecule has 4 aromatic rings. The molecule has 4 rings (SSSR count). The van der Waals surface area contributed by atoms with Gasteiger partial charge in [-0.2, -0.15) is 10.2 Å². The first-order chi connectivity index (χ1) is 14.7. The van der Waals surface area contributed by atoms with Crippen LogP contribution in [0, 0.1) is 0 Å². The normalized spacial score (nSPS) is 10.8. The van der Waals surface area contributed by atoms with Crippen molar-refractivity contribution in [3.63, 3.8) is 0 Å². The number of nitrogens with one attached hydrogen (secondary N) is 2. The lowest BCUT2D eigenvalue weighted by molar-refractivity contribution is 0.0954. The lowest BCUT2D eigenvalue weighted by Gasteiger charge is -2.12. The molecule has 2 aromatic carbocycles. The van der Waals surface area contributed by atoms with Crippen molar-refractivity contribution in [2.45, 2.75) is 0 Å². The summed E-state index contributed by atoms with van der Waals surface area (Å²) < 4.78 is 0. The molecule has 146 valence electrons. The zero-order chi connectivity index (χ0) is 20.8. The Morgan fingerprint density at radius 1 is 0.900 bits per heavy atom. The number of aromatic amines is 1. The minimum absolute atomic E-state index is 0.0618. The van der Waals surface area contributed by atoms with E-state index in [9.17, 15) is 9.59 Å². The van der Waals surface area contributed by atoms with E-state index in [-0.39, 0.29) is 5.56 Å². The van der Waals surface area contributed by atoms with Gasteiger partial charge in [-0.1, -0.05) is 66.7 Å². The van der Waals surface area contributed by atoms with Crippen LogP contribution in [0.2, 0.25) is 0 Å². The van der Waals surface area contributed by atoms with Gasteiger partial charge < -0.3 is 0 Å². The molecule has 0 saturated heterocycles. The lowest BCUT2D eigenvalue weighted by Crippen LogP contribution is -2.28. The van der Waals surface area contributed by atoms with Crippen LogP contribution in [-0.2, 0) is 0 Å². The zero-order valence-corrected chi connectivity index (χ0v) is 15.8. The van der Waals surface area contributed by atoms with E-state index in [1.54, 1.807) is 18.3 Å². The summed E-state index contributed by atoms with van der Waals surface area (Å²) in [6, 6.07) is 23.9. The number of carbonyl (C=O) groups excluding carboxylic acids is 1. The highest BCUT2D eigenvalue weighted by Crippen LogP contribution is 2.31. The number of hydrogen-bond acceptors (Lipinski definition) is 5. The van der Waals surface area contributed by atoms with Gasteiger partial charge in [0.05, 0.1) is 17.6 Å². The van der Waals surface area contributed by atoms with E-state index in [1.165, 1.54) is 6.21 Å². The predicted octanol–water partition coefficient (Wildman–Crippen LogP) is 3.26. The van der Waals surface area contributed by atoms with Crippen molar-refractivity contribution < 1.29 is 4.79 Å². The maximum absolute atomic E-state index is 12.9. The summed E-state index contributed by atoms with van der Waals surface area (Å²) in [7, 11) is 0. The topological polar surface area (TPSA) is 100 Å². The van der Waals surface area contributed by atoms with Gasteiger partial charge in [-0.3, -0.25) is 14.6 Å². The average Bonchev–Trinajstić information content (AvgIpc) is 2.80. The van der Waals surface area contributed by atoms with Crippen LogP contribution in [0.1, 0.15) is 16.1 Å². The van der Waals surface area contributed by atoms with Crippen LogP contribution >= 0.6 is 0 Å². The van der Waals surface area contributed by atoms with Crippen molar-refractivity contribution in [1.29, 1.82) is 0 Å². The van der Waals surface area contributed by atoms with Gasteiger partial charge in [0.2, 0.25) is 0 Å². The van der Waals surface area contributed by atoms with Crippen molar-refractivity contribution in [2.24, 2.45) is 5.10 Å². The summed E-state index contributed by atoms with van der Waals surface area (Å²) in [5.74, 6) is -0.637. The number of pyridine rings is 1. The SMILES string of the molecule is O=C(N/N=C\c1ccccn1)c1c(-c2ccccc2)c(-c2ccccc2)n[nH]c1=O. The second kappa shape index (κ2) is 8.74. The van der Waals surface area contributed by atoms with Crippen LogP contribution in [0.25, 0.3) is 22.4 Å². The Balaban J connectivity index is 1.79. The summed E-state index contributed by atoms with van der Waals surface area (Å²) >= 11 is 0. The summed E-state index contributed by atoms with van der Waals surface area (Å²) in [5, 5.41) is 10.6. The molecule has 2 heterocycles. The lowest BCUT2D eigenvalue weighted by atomic mass is 9.95. The molecule has 2 aromatic heterocycles. The second-order valence-electron chi connectivity index (χ2n) is 6.34. The van der Waals surface area contributed by atoms with Crippen molar-refractivity contribution >= 4 is 12.1 Å². The molecule has 0 atom stereocenters. The number of hydrazone groups is 1. The van der Waals surface area contributed by atoms with Crippen molar-refractivity contribution in [1.82, 2.24) is 20.6 Å². The number of rotatable bonds is 5. The van der Waals surface area contributed by atoms with Gasteiger partial charge in [-0.15, -0.1) is 0 Å². The number of hydrogen-bond donors (Lipinski definition) is 2. The first kappa shape index (κ1) is 18.9. The molecule has 0 radical (unpaired) electrons. The fourth-order valence-corrected chi connectivity index (χ4v) is 3.02. The molecule has 1 amide bonds. The average molecular weight is 395 g/mol. The van der Waals surface area contributed by atoms with Crippen molar-refractivity contribution in [2.75, 3.05) is 0 Å². The molecule has 2 N–H and O–H groups in total. The highest BCUT2D eigenvalue weighted by atomic mass is 16.2. The summed E-state index contributed by atoms with van der Waals surface area (Å²) in [6.07, 6.45) is 3.03. The second-order valence-corrected chi connectivity index (χ2v) is 6.34. The van der Waals surface area contributed by atoms with E-state index in [0.29, 0.717) is 22.5 Å². The number of carbonyl (C=O) groups is 1. The van der Waals surface area contributed by atoms with Crippen LogP contribution in [0.4, 0.5) is 0 Å². The van der Waals surface area contributed by atoms with E-state index >= 15 is 0 Å². The van der Waals surface area contributed by atoms with Crippen molar-refractivity contribution in [3.8, 4) is 22.4 Å². The van der Waals surface area contributed by atoms with Crippen LogP contribution in [0.3, 0.4) is 0 Å². The number of nitrogens with zero attached hydrogens (tertiary/aromatic N) is 3. The molecule has 7 nitrogen and oxygen atoms in total. The Kier molecular flexibility index (Phi) is 5.52. The number of amides is 1. The van der Waals surface area contributed by atoms with Gasteiger partial charge >= 0.3 is 0 Å². The molecule has 7 heteroatoms. The smallest absolute Gasteiger partial charge is 0.267 e. The Labute approximate surface area is 172 Å². The monoisotopic (exact) mass is 395 g/mol. The number of benzene rings is 2. The number of aromatic nitrogens is 3.